The van der Waals surface area contributed by atoms with Gasteiger partial charge in [-0.25, -0.2) is 0 Å². The molecule has 1 saturated heterocycles. The summed E-state index contributed by atoms with van der Waals surface area (Å²) in [5, 5.41) is 7.37. The van der Waals surface area contributed by atoms with Crippen molar-refractivity contribution in [2.75, 3.05) is 13.1 Å². The molecule has 0 unspecified atom stereocenters. The van der Waals surface area contributed by atoms with Crippen LogP contribution in [0.3, 0.4) is 0 Å². The SMILES string of the molecule is C=CC(=O)N1CCC(c2ccc([C@H](C)C(=O)Cc3cc(C4CC4)n[nH]3)cc2)CC1. The Hall–Kier alpha value is -2.69. The lowest BCUT2D eigenvalue weighted by molar-refractivity contribution is -0.127. The van der Waals surface area contributed by atoms with E-state index in [4.69, 9.17) is 0 Å². The third kappa shape index (κ3) is 4.50. The molecule has 1 saturated carbocycles. The Morgan fingerprint density at radius 2 is 1.86 bits per heavy atom. The Bertz CT molecular complexity index is 887. The second-order valence-electron chi connectivity index (χ2n) is 8.43. The van der Waals surface area contributed by atoms with E-state index in [-0.39, 0.29) is 17.6 Å². The highest BCUT2D eigenvalue weighted by molar-refractivity contribution is 5.87. The molecular formula is C24H29N3O2. The van der Waals surface area contributed by atoms with Crippen LogP contribution in [-0.2, 0) is 16.0 Å². The number of benzene rings is 1. The van der Waals surface area contributed by atoms with Gasteiger partial charge in [0.15, 0.2) is 0 Å². The third-order valence-electron chi connectivity index (χ3n) is 6.38. The number of rotatable bonds is 7. The van der Waals surface area contributed by atoms with Crippen LogP contribution in [-0.4, -0.2) is 39.9 Å². The van der Waals surface area contributed by atoms with Gasteiger partial charge in [-0.05, 0) is 54.9 Å². The number of H-pyrrole nitrogens is 1. The molecule has 2 heterocycles. The van der Waals surface area contributed by atoms with Crippen molar-refractivity contribution in [3.05, 3.63) is 65.5 Å². The van der Waals surface area contributed by atoms with Gasteiger partial charge in [0, 0.05) is 37.0 Å². The van der Waals surface area contributed by atoms with Gasteiger partial charge in [0.2, 0.25) is 5.91 Å². The van der Waals surface area contributed by atoms with Crippen molar-refractivity contribution in [3.8, 4) is 0 Å². The number of nitrogens with one attached hydrogen (secondary N) is 1. The van der Waals surface area contributed by atoms with Gasteiger partial charge in [-0.15, -0.1) is 0 Å². The normalized spacial score (nSPS) is 18.4. The van der Waals surface area contributed by atoms with Gasteiger partial charge in [0.25, 0.3) is 0 Å². The van der Waals surface area contributed by atoms with E-state index in [1.165, 1.54) is 24.5 Å². The number of aromatic nitrogens is 2. The maximum Gasteiger partial charge on any atom is 0.245 e. The molecule has 0 radical (unpaired) electrons. The Labute approximate surface area is 172 Å². The van der Waals surface area contributed by atoms with Gasteiger partial charge < -0.3 is 4.90 Å². The second kappa shape index (κ2) is 8.36. The minimum absolute atomic E-state index is 0.0210. The van der Waals surface area contributed by atoms with Crippen molar-refractivity contribution in [3.63, 3.8) is 0 Å². The maximum atomic E-state index is 12.7. The van der Waals surface area contributed by atoms with Crippen molar-refractivity contribution in [1.82, 2.24) is 15.1 Å². The number of amides is 1. The van der Waals surface area contributed by atoms with E-state index in [0.717, 1.165) is 42.9 Å². The summed E-state index contributed by atoms with van der Waals surface area (Å²) >= 11 is 0. The predicted octanol–water partition coefficient (Wildman–Crippen LogP) is 4.09. The average molecular weight is 392 g/mol. The second-order valence-corrected chi connectivity index (χ2v) is 8.43. The van der Waals surface area contributed by atoms with Gasteiger partial charge in [-0.3, -0.25) is 14.7 Å². The van der Waals surface area contributed by atoms with E-state index < -0.39 is 0 Å². The molecule has 2 aliphatic rings. The Morgan fingerprint density at radius 3 is 2.48 bits per heavy atom. The molecule has 5 nitrogen and oxygen atoms in total. The molecule has 5 heteroatoms. The first kappa shape index (κ1) is 19.6. The van der Waals surface area contributed by atoms with E-state index in [9.17, 15) is 9.59 Å². The van der Waals surface area contributed by atoms with Crippen LogP contribution < -0.4 is 0 Å². The van der Waals surface area contributed by atoms with Crippen molar-refractivity contribution >= 4 is 11.7 Å². The molecule has 1 aromatic heterocycles. The van der Waals surface area contributed by atoms with Crippen LogP contribution in [0.5, 0.6) is 0 Å². The number of likely N-dealkylation sites (tertiary alicyclic amines) is 1. The summed E-state index contributed by atoms with van der Waals surface area (Å²) in [4.78, 5) is 26.3. The summed E-state index contributed by atoms with van der Waals surface area (Å²) in [5.74, 6) is 1.16. The van der Waals surface area contributed by atoms with Crippen LogP contribution in [0.15, 0.2) is 43.0 Å². The Kier molecular flexibility index (Phi) is 5.65. The molecule has 2 aromatic rings. The first-order valence-electron chi connectivity index (χ1n) is 10.6. The highest BCUT2D eigenvalue weighted by atomic mass is 16.2. The highest BCUT2D eigenvalue weighted by Crippen LogP contribution is 2.39. The fraction of sp³-hybridized carbons (Fsp3) is 0.458. The topological polar surface area (TPSA) is 66.1 Å². The van der Waals surface area contributed by atoms with E-state index in [1.807, 2.05) is 11.8 Å². The molecule has 1 N–H and O–H groups in total. The molecule has 0 spiro atoms. The number of hydrogen-bond acceptors (Lipinski definition) is 3. The summed E-state index contributed by atoms with van der Waals surface area (Å²) in [6.07, 6.45) is 6.16. The number of aromatic amines is 1. The van der Waals surface area contributed by atoms with Crippen molar-refractivity contribution < 1.29 is 9.59 Å². The van der Waals surface area contributed by atoms with Crippen LogP contribution in [0, 0.1) is 0 Å². The number of Topliss-reactive ketones (excluding diaryl/α,β-unsaturated/α-hetero) is 1. The lowest BCUT2D eigenvalue weighted by Gasteiger charge is -2.31. The summed E-state index contributed by atoms with van der Waals surface area (Å²) in [6, 6.07) is 10.5. The predicted molar refractivity (Wildman–Crippen MR) is 113 cm³/mol. The highest BCUT2D eigenvalue weighted by Gasteiger charge is 2.27. The first-order chi connectivity index (χ1) is 14.0. The number of carbonyl (C=O) groups is 2. The number of hydrogen-bond donors (Lipinski definition) is 1. The fourth-order valence-corrected chi connectivity index (χ4v) is 4.20. The van der Waals surface area contributed by atoms with Gasteiger partial charge >= 0.3 is 0 Å². The van der Waals surface area contributed by atoms with Gasteiger partial charge in [-0.2, -0.15) is 5.10 Å². The molecule has 2 fully saturated rings. The monoisotopic (exact) mass is 391 g/mol. The van der Waals surface area contributed by atoms with E-state index in [0.29, 0.717) is 18.3 Å². The van der Waals surface area contributed by atoms with Crippen LogP contribution in [0.2, 0.25) is 0 Å². The summed E-state index contributed by atoms with van der Waals surface area (Å²) in [5.41, 5.74) is 4.37. The largest absolute Gasteiger partial charge is 0.339 e. The molecule has 29 heavy (non-hydrogen) atoms. The fourth-order valence-electron chi connectivity index (χ4n) is 4.20. The Balaban J connectivity index is 1.33. The minimum Gasteiger partial charge on any atom is -0.339 e. The van der Waals surface area contributed by atoms with Crippen LogP contribution in [0.25, 0.3) is 0 Å². The van der Waals surface area contributed by atoms with Gasteiger partial charge in [0.1, 0.15) is 5.78 Å². The number of ketones is 1. The summed E-state index contributed by atoms with van der Waals surface area (Å²) < 4.78 is 0. The molecule has 1 aromatic carbocycles. The van der Waals surface area contributed by atoms with Crippen molar-refractivity contribution in [2.24, 2.45) is 0 Å². The molecular weight excluding hydrogens is 362 g/mol. The molecule has 1 aliphatic heterocycles. The molecule has 4 rings (SSSR count). The van der Waals surface area contributed by atoms with Crippen LogP contribution in [0.1, 0.15) is 72.9 Å². The quantitative estimate of drug-likeness (QED) is 0.723. The van der Waals surface area contributed by atoms with E-state index >= 15 is 0 Å². The number of piperidine rings is 1. The lowest BCUT2D eigenvalue weighted by Crippen LogP contribution is -2.36. The molecule has 1 amide bonds. The van der Waals surface area contributed by atoms with Crippen LogP contribution >= 0.6 is 0 Å². The van der Waals surface area contributed by atoms with Crippen molar-refractivity contribution in [2.45, 2.75) is 56.8 Å². The van der Waals surface area contributed by atoms with E-state index in [1.54, 1.807) is 0 Å². The smallest absolute Gasteiger partial charge is 0.245 e. The van der Waals surface area contributed by atoms with Gasteiger partial charge in [0.05, 0.1) is 5.69 Å². The molecule has 1 aliphatic carbocycles. The summed E-state index contributed by atoms with van der Waals surface area (Å²) in [6.45, 7) is 7.10. The number of carbonyl (C=O) groups excluding carboxylic acids is 2. The zero-order valence-electron chi connectivity index (χ0n) is 17.1. The van der Waals surface area contributed by atoms with Crippen molar-refractivity contribution in [1.29, 1.82) is 0 Å². The average Bonchev–Trinajstić information content (AvgIpc) is 3.52. The molecule has 1 atom stereocenters. The maximum absolute atomic E-state index is 12.7. The Morgan fingerprint density at radius 1 is 1.17 bits per heavy atom. The minimum atomic E-state index is -0.135. The standard InChI is InChI=1S/C24H29N3O2/c1-3-24(29)27-12-10-19(11-13-27)18-6-4-17(5-7-18)16(2)23(28)15-21-14-22(26-25-21)20-8-9-20/h3-7,14,16,19-20H,1,8-13,15H2,2H3,(H,25,26)/t16-/m0/s1. The van der Waals surface area contributed by atoms with Gasteiger partial charge in [-0.1, -0.05) is 37.8 Å². The first-order valence-corrected chi connectivity index (χ1v) is 10.6. The van der Waals surface area contributed by atoms with Crippen LogP contribution in [0.4, 0.5) is 0 Å². The zero-order chi connectivity index (χ0) is 20.4. The molecule has 0 bridgehead atoms. The zero-order valence-corrected chi connectivity index (χ0v) is 17.1. The lowest BCUT2D eigenvalue weighted by atomic mass is 9.87. The summed E-state index contributed by atoms with van der Waals surface area (Å²) in [7, 11) is 0. The molecule has 152 valence electrons. The number of nitrogens with zero attached hydrogens (tertiary/aromatic N) is 2. The third-order valence-corrected chi connectivity index (χ3v) is 6.38. The van der Waals surface area contributed by atoms with E-state index in [2.05, 4.69) is 47.1 Å².